The van der Waals surface area contributed by atoms with Gasteiger partial charge in [0.05, 0.1) is 19.6 Å². The van der Waals surface area contributed by atoms with E-state index in [9.17, 15) is 4.79 Å². The number of hydrogen-bond acceptors (Lipinski definition) is 3. The van der Waals surface area contributed by atoms with Crippen LogP contribution in [-0.4, -0.2) is 48.6 Å². The molecule has 1 aromatic carbocycles. The van der Waals surface area contributed by atoms with Crippen molar-refractivity contribution in [1.82, 2.24) is 15.2 Å². The number of guanidine groups is 1. The summed E-state index contributed by atoms with van der Waals surface area (Å²) in [4.78, 5) is 22.1. The van der Waals surface area contributed by atoms with Crippen LogP contribution in [0, 0.1) is 5.92 Å². The molecule has 26 heavy (non-hydrogen) atoms. The Balaban J connectivity index is 0.00000243. The second-order valence-electron chi connectivity index (χ2n) is 6.34. The van der Waals surface area contributed by atoms with Gasteiger partial charge < -0.3 is 19.9 Å². The molecule has 0 saturated carbocycles. The lowest BCUT2D eigenvalue weighted by Crippen LogP contribution is -2.46. The van der Waals surface area contributed by atoms with Crippen LogP contribution in [-0.2, 0) is 16.1 Å². The van der Waals surface area contributed by atoms with Crippen LogP contribution in [0.25, 0.3) is 10.9 Å². The van der Waals surface area contributed by atoms with Crippen molar-refractivity contribution in [3.63, 3.8) is 0 Å². The Morgan fingerprint density at radius 2 is 2.08 bits per heavy atom. The number of nitrogens with zero attached hydrogens (tertiary/aromatic N) is 2. The molecule has 1 fully saturated rings. The molecular weight excluding hydrogens is 443 g/mol. The molecule has 142 valence electrons. The fourth-order valence-corrected chi connectivity index (χ4v) is 3.30. The minimum atomic E-state index is -0.0975. The third kappa shape index (κ3) is 4.90. The molecule has 0 amide bonds. The van der Waals surface area contributed by atoms with Crippen molar-refractivity contribution in [2.75, 3.05) is 26.7 Å². The molecule has 2 N–H and O–H groups in total. The van der Waals surface area contributed by atoms with E-state index in [2.05, 4.69) is 40.3 Å². The summed E-state index contributed by atoms with van der Waals surface area (Å²) < 4.78 is 4.86. The number of piperidine rings is 1. The number of methoxy groups -OCH3 is 1. The van der Waals surface area contributed by atoms with Crippen LogP contribution < -0.4 is 5.32 Å². The van der Waals surface area contributed by atoms with Gasteiger partial charge in [-0.25, -0.2) is 4.99 Å². The minimum absolute atomic E-state index is 0. The lowest BCUT2D eigenvalue weighted by Gasteiger charge is -2.33. The minimum Gasteiger partial charge on any atom is -0.469 e. The van der Waals surface area contributed by atoms with Crippen molar-refractivity contribution in [1.29, 1.82) is 0 Å². The second kappa shape index (κ2) is 9.80. The summed E-state index contributed by atoms with van der Waals surface area (Å²) in [5.74, 6) is 0.821. The van der Waals surface area contributed by atoms with Gasteiger partial charge >= 0.3 is 5.97 Å². The highest BCUT2D eigenvalue weighted by Gasteiger charge is 2.26. The third-order valence-corrected chi connectivity index (χ3v) is 4.65. The fourth-order valence-electron chi connectivity index (χ4n) is 3.30. The monoisotopic (exact) mass is 470 g/mol. The Morgan fingerprint density at radius 3 is 2.73 bits per heavy atom. The zero-order chi connectivity index (χ0) is 17.6. The number of rotatable bonds is 4. The molecule has 0 spiro atoms. The molecule has 6 nitrogen and oxygen atoms in total. The van der Waals surface area contributed by atoms with E-state index in [1.165, 1.54) is 12.5 Å². The maximum Gasteiger partial charge on any atom is 0.308 e. The van der Waals surface area contributed by atoms with E-state index in [4.69, 9.17) is 9.73 Å². The molecular formula is C19H27IN4O2. The first-order valence-electron chi connectivity index (χ1n) is 8.89. The standard InChI is InChI=1S/C19H26N4O2.HI/c1-3-20-19(23-10-8-14(9-11-23)18(24)25-2)21-13-16-12-15-6-4-5-7-17(15)22-16;/h4-7,12,14,22H,3,8-11,13H2,1-2H3,(H,20,21);1H. The predicted molar refractivity (Wildman–Crippen MR) is 115 cm³/mol. The number of hydrogen-bond donors (Lipinski definition) is 2. The van der Waals surface area contributed by atoms with Crippen molar-refractivity contribution in [2.24, 2.45) is 10.9 Å². The van der Waals surface area contributed by atoms with Gasteiger partial charge in [0.1, 0.15) is 0 Å². The molecule has 1 saturated heterocycles. The zero-order valence-corrected chi connectivity index (χ0v) is 17.7. The van der Waals surface area contributed by atoms with Crippen LogP contribution in [0.1, 0.15) is 25.5 Å². The highest BCUT2D eigenvalue weighted by molar-refractivity contribution is 14.0. The lowest BCUT2D eigenvalue weighted by molar-refractivity contribution is -0.146. The number of benzene rings is 1. The van der Waals surface area contributed by atoms with Crippen LogP contribution in [0.4, 0.5) is 0 Å². The van der Waals surface area contributed by atoms with E-state index in [0.29, 0.717) is 6.54 Å². The van der Waals surface area contributed by atoms with E-state index in [0.717, 1.165) is 49.6 Å². The summed E-state index contributed by atoms with van der Waals surface area (Å²) in [6, 6.07) is 10.4. The number of carbonyl (C=O) groups is 1. The van der Waals surface area contributed by atoms with E-state index in [-0.39, 0.29) is 35.9 Å². The fraction of sp³-hybridized carbons (Fsp3) is 0.474. The summed E-state index contributed by atoms with van der Waals surface area (Å²) in [7, 11) is 1.46. The van der Waals surface area contributed by atoms with Crippen molar-refractivity contribution in [2.45, 2.75) is 26.3 Å². The van der Waals surface area contributed by atoms with Gasteiger partial charge in [-0.3, -0.25) is 4.79 Å². The third-order valence-electron chi connectivity index (χ3n) is 4.65. The largest absolute Gasteiger partial charge is 0.469 e. The number of ether oxygens (including phenoxy) is 1. The number of halogens is 1. The topological polar surface area (TPSA) is 69.7 Å². The molecule has 3 rings (SSSR count). The average Bonchev–Trinajstić information content (AvgIpc) is 3.07. The Labute approximate surface area is 171 Å². The van der Waals surface area contributed by atoms with Gasteiger partial charge in [-0.05, 0) is 37.3 Å². The lowest BCUT2D eigenvalue weighted by atomic mass is 9.97. The van der Waals surface area contributed by atoms with Crippen molar-refractivity contribution >= 4 is 46.8 Å². The molecule has 1 aliphatic rings. The number of H-pyrrole nitrogens is 1. The van der Waals surface area contributed by atoms with Crippen LogP contribution in [0.5, 0.6) is 0 Å². The van der Waals surface area contributed by atoms with E-state index < -0.39 is 0 Å². The number of para-hydroxylation sites is 1. The molecule has 0 radical (unpaired) electrons. The molecule has 0 bridgehead atoms. The first-order valence-corrected chi connectivity index (χ1v) is 8.89. The van der Waals surface area contributed by atoms with E-state index >= 15 is 0 Å². The van der Waals surface area contributed by atoms with Gasteiger partial charge in [0.2, 0.25) is 0 Å². The first kappa shape index (κ1) is 20.5. The number of aliphatic imine (C=N–C) groups is 1. The Bertz CT molecular complexity index is 718. The first-order chi connectivity index (χ1) is 12.2. The van der Waals surface area contributed by atoms with Crippen molar-refractivity contribution < 1.29 is 9.53 Å². The molecule has 0 aliphatic carbocycles. The van der Waals surface area contributed by atoms with Crippen LogP contribution in [0.2, 0.25) is 0 Å². The van der Waals surface area contributed by atoms with E-state index in [1.807, 2.05) is 12.1 Å². The Hall–Kier alpha value is -1.77. The molecule has 7 heteroatoms. The number of carbonyl (C=O) groups excluding carboxylic acids is 1. The van der Waals surface area contributed by atoms with Gasteiger partial charge in [0.15, 0.2) is 5.96 Å². The predicted octanol–water partition coefficient (Wildman–Crippen LogP) is 3.14. The Kier molecular flexibility index (Phi) is 7.74. The highest BCUT2D eigenvalue weighted by atomic mass is 127. The zero-order valence-electron chi connectivity index (χ0n) is 15.3. The molecule has 1 aliphatic heterocycles. The molecule has 0 atom stereocenters. The van der Waals surface area contributed by atoms with Crippen molar-refractivity contribution in [3.8, 4) is 0 Å². The van der Waals surface area contributed by atoms with Crippen LogP contribution in [0.3, 0.4) is 0 Å². The molecule has 2 aromatic rings. The summed E-state index contributed by atoms with van der Waals surface area (Å²) >= 11 is 0. The van der Waals surface area contributed by atoms with Gasteiger partial charge in [-0.15, -0.1) is 24.0 Å². The van der Waals surface area contributed by atoms with Gasteiger partial charge in [-0.1, -0.05) is 18.2 Å². The number of esters is 1. The number of aromatic nitrogens is 1. The summed E-state index contributed by atoms with van der Waals surface area (Å²) in [5.41, 5.74) is 2.23. The van der Waals surface area contributed by atoms with Gasteiger partial charge in [0.25, 0.3) is 0 Å². The summed E-state index contributed by atoms with van der Waals surface area (Å²) in [5, 5.41) is 4.57. The normalized spacial score (nSPS) is 15.6. The van der Waals surface area contributed by atoms with Gasteiger partial charge in [-0.2, -0.15) is 0 Å². The van der Waals surface area contributed by atoms with Gasteiger partial charge in [0, 0.05) is 30.8 Å². The Morgan fingerprint density at radius 1 is 1.35 bits per heavy atom. The maximum absolute atomic E-state index is 11.7. The molecule has 2 heterocycles. The molecule has 0 unspecified atom stereocenters. The maximum atomic E-state index is 11.7. The number of aromatic amines is 1. The number of fused-ring (bicyclic) bond motifs is 1. The SMILES string of the molecule is CCNC(=NCc1cc2ccccc2[nH]1)N1CCC(C(=O)OC)CC1.I. The summed E-state index contributed by atoms with van der Waals surface area (Å²) in [6.07, 6.45) is 1.62. The number of nitrogens with one attached hydrogen (secondary N) is 2. The second-order valence-corrected chi connectivity index (χ2v) is 6.34. The quantitative estimate of drug-likeness (QED) is 0.312. The number of likely N-dealkylation sites (tertiary alicyclic amines) is 1. The van der Waals surface area contributed by atoms with Crippen LogP contribution in [0.15, 0.2) is 35.3 Å². The smallest absolute Gasteiger partial charge is 0.308 e. The van der Waals surface area contributed by atoms with E-state index in [1.54, 1.807) is 0 Å². The summed E-state index contributed by atoms with van der Waals surface area (Å²) in [6.45, 7) is 5.13. The van der Waals surface area contributed by atoms with Crippen molar-refractivity contribution in [3.05, 3.63) is 36.0 Å². The highest BCUT2D eigenvalue weighted by Crippen LogP contribution is 2.19. The average molecular weight is 470 g/mol. The van der Waals surface area contributed by atoms with Crippen LogP contribution >= 0.6 is 24.0 Å². The molecule has 1 aromatic heterocycles.